The Morgan fingerprint density at radius 2 is 1.77 bits per heavy atom. The zero-order chi connectivity index (χ0) is 18.9. The highest BCUT2D eigenvalue weighted by Crippen LogP contribution is 2.21. The molecular formula is C18H17FN2O4S. The second-order valence-electron chi connectivity index (χ2n) is 5.08. The average molecular weight is 376 g/mol. The molecule has 2 aromatic rings. The zero-order valence-electron chi connectivity index (χ0n) is 14.0. The summed E-state index contributed by atoms with van der Waals surface area (Å²) >= 11 is 0.998. The van der Waals surface area contributed by atoms with Crippen LogP contribution < -0.4 is 10.6 Å². The fourth-order valence-electron chi connectivity index (χ4n) is 1.93. The average Bonchev–Trinajstić information content (AvgIpc) is 2.65. The van der Waals surface area contributed by atoms with Gasteiger partial charge in [-0.25, -0.2) is 4.39 Å². The first-order valence-electron chi connectivity index (χ1n) is 7.64. The van der Waals surface area contributed by atoms with E-state index in [1.807, 2.05) is 0 Å². The minimum atomic E-state index is -0.622. The van der Waals surface area contributed by atoms with E-state index >= 15 is 0 Å². The number of nitrogens with one attached hydrogen (secondary N) is 2. The second kappa shape index (κ2) is 9.57. The van der Waals surface area contributed by atoms with Crippen molar-refractivity contribution in [2.45, 2.75) is 4.90 Å². The van der Waals surface area contributed by atoms with Crippen LogP contribution in [0.1, 0.15) is 10.4 Å². The number of ether oxygens (including phenoxy) is 1. The van der Waals surface area contributed by atoms with Crippen molar-refractivity contribution in [2.75, 3.05) is 24.7 Å². The normalized spacial score (nSPS) is 10.1. The van der Waals surface area contributed by atoms with E-state index in [4.69, 9.17) is 4.74 Å². The largest absolute Gasteiger partial charge is 0.455 e. The maximum absolute atomic E-state index is 13.4. The molecule has 2 N–H and O–H groups in total. The fraction of sp³-hybridized carbons (Fsp3) is 0.167. The number of hydrogen-bond acceptors (Lipinski definition) is 5. The third-order valence-corrected chi connectivity index (χ3v) is 4.23. The number of esters is 1. The van der Waals surface area contributed by atoms with Crippen molar-refractivity contribution in [1.29, 1.82) is 0 Å². The number of hydrogen-bond donors (Lipinski definition) is 2. The third kappa shape index (κ3) is 5.89. The van der Waals surface area contributed by atoms with Crippen LogP contribution in [0.5, 0.6) is 0 Å². The molecule has 0 atom stereocenters. The van der Waals surface area contributed by atoms with Crippen LogP contribution in [0.25, 0.3) is 0 Å². The standard InChI is InChI=1S/C18H17FN2O4S/c1-20-18(24)12-6-8-13(9-7-12)21-16(22)10-25-17(23)11-26-15-5-3-2-4-14(15)19/h2-9H,10-11H2,1H3,(H,20,24)(H,21,22). The molecule has 0 saturated carbocycles. The van der Waals surface area contributed by atoms with E-state index in [1.54, 1.807) is 42.5 Å². The summed E-state index contributed by atoms with van der Waals surface area (Å²) in [5.41, 5.74) is 0.932. The molecule has 26 heavy (non-hydrogen) atoms. The van der Waals surface area contributed by atoms with Crippen LogP contribution in [-0.2, 0) is 14.3 Å². The van der Waals surface area contributed by atoms with E-state index in [1.165, 1.54) is 13.1 Å². The van der Waals surface area contributed by atoms with E-state index in [-0.39, 0.29) is 11.7 Å². The van der Waals surface area contributed by atoms with E-state index in [0.717, 1.165) is 11.8 Å². The Balaban J connectivity index is 1.75. The maximum atomic E-state index is 13.4. The molecule has 0 spiro atoms. The number of anilines is 1. The van der Waals surface area contributed by atoms with Crippen LogP contribution in [-0.4, -0.2) is 37.2 Å². The van der Waals surface area contributed by atoms with Gasteiger partial charge in [0.2, 0.25) is 0 Å². The monoisotopic (exact) mass is 376 g/mol. The maximum Gasteiger partial charge on any atom is 0.316 e. The Labute approximate surface area is 154 Å². The van der Waals surface area contributed by atoms with Crippen LogP contribution in [0.4, 0.5) is 10.1 Å². The lowest BCUT2D eigenvalue weighted by Crippen LogP contribution is -2.22. The second-order valence-corrected chi connectivity index (χ2v) is 6.10. The minimum absolute atomic E-state index is 0.102. The lowest BCUT2D eigenvalue weighted by molar-refractivity contribution is -0.144. The lowest BCUT2D eigenvalue weighted by atomic mass is 10.2. The van der Waals surface area contributed by atoms with Crippen LogP contribution in [0.2, 0.25) is 0 Å². The first-order chi connectivity index (χ1) is 12.5. The molecule has 0 radical (unpaired) electrons. The van der Waals surface area contributed by atoms with E-state index in [0.29, 0.717) is 16.1 Å². The first kappa shape index (κ1) is 19.5. The Kier molecular flexibility index (Phi) is 7.16. The lowest BCUT2D eigenvalue weighted by Gasteiger charge is -2.07. The summed E-state index contributed by atoms with van der Waals surface area (Å²) in [6, 6.07) is 12.3. The van der Waals surface area contributed by atoms with Crippen molar-refractivity contribution in [3.8, 4) is 0 Å². The van der Waals surface area contributed by atoms with Gasteiger partial charge in [0.1, 0.15) is 5.82 Å². The smallest absolute Gasteiger partial charge is 0.316 e. The quantitative estimate of drug-likeness (QED) is 0.573. The van der Waals surface area contributed by atoms with Gasteiger partial charge in [-0.3, -0.25) is 14.4 Å². The minimum Gasteiger partial charge on any atom is -0.455 e. The number of carbonyl (C=O) groups excluding carboxylic acids is 3. The molecular weight excluding hydrogens is 359 g/mol. The molecule has 0 aliphatic rings. The van der Waals surface area contributed by atoms with Gasteiger partial charge in [-0.2, -0.15) is 0 Å². The van der Waals surface area contributed by atoms with Crippen molar-refractivity contribution in [3.63, 3.8) is 0 Å². The molecule has 0 aromatic heterocycles. The molecule has 0 fully saturated rings. The Bertz CT molecular complexity index is 796. The van der Waals surface area contributed by atoms with Crippen LogP contribution in [0.3, 0.4) is 0 Å². The summed E-state index contributed by atoms with van der Waals surface area (Å²) in [4.78, 5) is 35.2. The molecule has 8 heteroatoms. The summed E-state index contributed by atoms with van der Waals surface area (Å²) in [7, 11) is 1.52. The van der Waals surface area contributed by atoms with Gasteiger partial charge in [-0.15, -0.1) is 11.8 Å². The van der Waals surface area contributed by atoms with Crippen molar-refractivity contribution >= 4 is 35.2 Å². The summed E-state index contributed by atoms with van der Waals surface area (Å²) in [6.07, 6.45) is 0. The molecule has 0 saturated heterocycles. The van der Waals surface area contributed by atoms with Gasteiger partial charge in [0.15, 0.2) is 6.61 Å². The molecule has 0 heterocycles. The van der Waals surface area contributed by atoms with Gasteiger partial charge in [0.25, 0.3) is 11.8 Å². The molecule has 6 nitrogen and oxygen atoms in total. The SMILES string of the molecule is CNC(=O)c1ccc(NC(=O)COC(=O)CSc2ccccc2F)cc1. The molecule has 0 aliphatic carbocycles. The van der Waals surface area contributed by atoms with Gasteiger partial charge < -0.3 is 15.4 Å². The molecule has 2 amide bonds. The van der Waals surface area contributed by atoms with Crippen molar-refractivity contribution < 1.29 is 23.5 Å². The van der Waals surface area contributed by atoms with Crippen LogP contribution in [0, 0.1) is 5.82 Å². The highest BCUT2D eigenvalue weighted by atomic mass is 32.2. The summed E-state index contributed by atoms with van der Waals surface area (Å²) in [5.74, 6) is -1.88. The predicted molar refractivity (Wildman–Crippen MR) is 96.5 cm³/mol. The molecule has 0 aliphatic heterocycles. The van der Waals surface area contributed by atoms with Crippen molar-refractivity contribution in [3.05, 3.63) is 59.9 Å². The summed E-state index contributed by atoms with van der Waals surface area (Å²) in [5, 5.41) is 5.04. The molecule has 2 aromatic carbocycles. The van der Waals surface area contributed by atoms with Gasteiger partial charge in [-0.1, -0.05) is 12.1 Å². The van der Waals surface area contributed by atoms with Crippen molar-refractivity contribution in [2.24, 2.45) is 0 Å². The predicted octanol–water partition coefficient (Wildman–Crippen LogP) is 2.46. The van der Waals surface area contributed by atoms with Gasteiger partial charge in [0.05, 0.1) is 5.75 Å². The molecule has 0 unspecified atom stereocenters. The summed E-state index contributed by atoms with van der Waals surface area (Å²) < 4.78 is 18.3. The van der Waals surface area contributed by atoms with E-state index in [9.17, 15) is 18.8 Å². The Morgan fingerprint density at radius 3 is 2.42 bits per heavy atom. The number of amides is 2. The van der Waals surface area contributed by atoms with Gasteiger partial charge in [-0.05, 0) is 36.4 Å². The first-order valence-corrected chi connectivity index (χ1v) is 8.63. The van der Waals surface area contributed by atoms with Gasteiger partial charge >= 0.3 is 5.97 Å². The third-order valence-electron chi connectivity index (χ3n) is 3.20. The zero-order valence-corrected chi connectivity index (χ0v) is 14.8. The van der Waals surface area contributed by atoms with E-state index < -0.39 is 24.3 Å². The number of rotatable bonds is 7. The van der Waals surface area contributed by atoms with Crippen LogP contribution >= 0.6 is 11.8 Å². The Morgan fingerprint density at radius 1 is 1.08 bits per heavy atom. The molecule has 136 valence electrons. The number of thioether (sulfide) groups is 1. The topological polar surface area (TPSA) is 84.5 Å². The van der Waals surface area contributed by atoms with E-state index in [2.05, 4.69) is 10.6 Å². The highest BCUT2D eigenvalue weighted by molar-refractivity contribution is 8.00. The van der Waals surface area contributed by atoms with Gasteiger partial charge in [0, 0.05) is 23.2 Å². The van der Waals surface area contributed by atoms with Crippen LogP contribution in [0.15, 0.2) is 53.4 Å². The number of halogens is 1. The highest BCUT2D eigenvalue weighted by Gasteiger charge is 2.10. The molecule has 2 rings (SSSR count). The summed E-state index contributed by atoms with van der Waals surface area (Å²) in [6.45, 7) is -0.451. The Hall–Kier alpha value is -2.87. The molecule has 0 bridgehead atoms. The van der Waals surface area contributed by atoms with Crippen molar-refractivity contribution in [1.82, 2.24) is 5.32 Å². The number of benzene rings is 2. The number of carbonyl (C=O) groups is 3. The fourth-order valence-corrected chi connectivity index (χ4v) is 2.67.